The largest absolute Gasteiger partial charge is 0.467 e. The molecule has 0 radical (unpaired) electrons. The summed E-state index contributed by atoms with van der Waals surface area (Å²) < 4.78 is 10.6. The first-order valence-corrected chi connectivity index (χ1v) is 6.48. The van der Waals surface area contributed by atoms with Gasteiger partial charge in [0.1, 0.15) is 11.3 Å². The normalized spacial score (nSPS) is 10.8. The summed E-state index contributed by atoms with van der Waals surface area (Å²) in [5, 5.41) is 3.83. The van der Waals surface area contributed by atoms with Crippen LogP contribution in [0.5, 0.6) is 0 Å². The van der Waals surface area contributed by atoms with Gasteiger partial charge in [-0.1, -0.05) is 11.6 Å². The summed E-state index contributed by atoms with van der Waals surface area (Å²) in [6.45, 7) is 2.42. The van der Waals surface area contributed by atoms with Gasteiger partial charge >= 0.3 is 0 Å². The van der Waals surface area contributed by atoms with Gasteiger partial charge in [-0.3, -0.25) is 4.79 Å². The van der Waals surface area contributed by atoms with Gasteiger partial charge in [-0.25, -0.2) is 0 Å². The maximum absolute atomic E-state index is 11.9. The van der Waals surface area contributed by atoms with Crippen molar-refractivity contribution >= 4 is 16.9 Å². The van der Waals surface area contributed by atoms with Crippen LogP contribution < -0.4 is 5.32 Å². The zero-order chi connectivity index (χ0) is 13.9. The number of carbonyl (C=O) groups excluding carboxylic acids is 1. The zero-order valence-corrected chi connectivity index (χ0v) is 11.2. The number of rotatable bonds is 4. The highest BCUT2D eigenvalue weighted by atomic mass is 16.3. The fraction of sp³-hybridized carbons (Fsp3) is 0.188. The van der Waals surface area contributed by atoms with E-state index in [0.717, 1.165) is 27.9 Å². The number of aryl methyl sites for hydroxylation is 1. The lowest BCUT2D eigenvalue weighted by Gasteiger charge is -2.02. The monoisotopic (exact) mass is 269 g/mol. The van der Waals surface area contributed by atoms with Gasteiger partial charge in [-0.2, -0.15) is 0 Å². The van der Waals surface area contributed by atoms with Gasteiger partial charge in [0.15, 0.2) is 0 Å². The molecule has 102 valence electrons. The van der Waals surface area contributed by atoms with E-state index in [2.05, 4.69) is 5.32 Å². The average Bonchev–Trinajstić information content (AvgIpc) is 3.07. The van der Waals surface area contributed by atoms with E-state index < -0.39 is 0 Å². The summed E-state index contributed by atoms with van der Waals surface area (Å²) in [4.78, 5) is 11.9. The van der Waals surface area contributed by atoms with Gasteiger partial charge in [0.05, 0.1) is 25.5 Å². The smallest absolute Gasteiger partial charge is 0.224 e. The van der Waals surface area contributed by atoms with E-state index in [-0.39, 0.29) is 5.91 Å². The number of nitrogens with one attached hydrogen (secondary N) is 1. The summed E-state index contributed by atoms with van der Waals surface area (Å²) in [7, 11) is 0. The highest BCUT2D eigenvalue weighted by molar-refractivity contribution is 5.87. The number of furan rings is 2. The molecule has 3 rings (SSSR count). The molecule has 4 nitrogen and oxygen atoms in total. The molecule has 3 aromatic rings. The second kappa shape index (κ2) is 5.25. The Kier molecular flexibility index (Phi) is 3.29. The lowest BCUT2D eigenvalue weighted by atomic mass is 10.1. The van der Waals surface area contributed by atoms with Crippen molar-refractivity contribution in [1.29, 1.82) is 0 Å². The zero-order valence-electron chi connectivity index (χ0n) is 11.2. The summed E-state index contributed by atoms with van der Waals surface area (Å²) in [5.74, 6) is 0.692. The summed E-state index contributed by atoms with van der Waals surface area (Å²) in [6, 6.07) is 9.58. The fourth-order valence-electron chi connectivity index (χ4n) is 2.17. The van der Waals surface area contributed by atoms with Crippen LogP contribution in [0.25, 0.3) is 11.0 Å². The molecule has 1 amide bonds. The van der Waals surface area contributed by atoms with Crippen molar-refractivity contribution in [2.45, 2.75) is 19.9 Å². The predicted molar refractivity (Wildman–Crippen MR) is 75.2 cm³/mol. The molecule has 1 N–H and O–H groups in total. The Morgan fingerprint density at radius 2 is 2.15 bits per heavy atom. The van der Waals surface area contributed by atoms with Crippen molar-refractivity contribution in [3.8, 4) is 0 Å². The average molecular weight is 269 g/mol. The molecule has 0 saturated heterocycles. The Labute approximate surface area is 116 Å². The van der Waals surface area contributed by atoms with Crippen LogP contribution in [0.1, 0.15) is 16.9 Å². The van der Waals surface area contributed by atoms with Gasteiger partial charge in [0.2, 0.25) is 5.91 Å². The van der Waals surface area contributed by atoms with Crippen molar-refractivity contribution in [3.05, 3.63) is 59.7 Å². The predicted octanol–water partition coefficient (Wildman–Crippen LogP) is 3.19. The Morgan fingerprint density at radius 3 is 2.95 bits per heavy atom. The lowest BCUT2D eigenvalue weighted by Crippen LogP contribution is -2.24. The molecule has 2 aromatic heterocycles. The van der Waals surface area contributed by atoms with Crippen LogP contribution >= 0.6 is 0 Å². The topological polar surface area (TPSA) is 55.4 Å². The molecule has 0 aliphatic rings. The minimum Gasteiger partial charge on any atom is -0.467 e. The van der Waals surface area contributed by atoms with Crippen LogP contribution in [-0.4, -0.2) is 5.91 Å². The third-order valence-corrected chi connectivity index (χ3v) is 3.20. The van der Waals surface area contributed by atoms with Gasteiger partial charge in [-0.15, -0.1) is 0 Å². The highest BCUT2D eigenvalue weighted by Gasteiger charge is 2.10. The third kappa shape index (κ3) is 2.59. The lowest BCUT2D eigenvalue weighted by molar-refractivity contribution is -0.120. The highest BCUT2D eigenvalue weighted by Crippen LogP contribution is 2.22. The number of carbonyl (C=O) groups is 1. The van der Waals surface area contributed by atoms with Crippen LogP contribution in [0, 0.1) is 6.92 Å². The maximum Gasteiger partial charge on any atom is 0.224 e. The van der Waals surface area contributed by atoms with Crippen molar-refractivity contribution in [2.24, 2.45) is 0 Å². The number of fused-ring (bicyclic) bond motifs is 1. The van der Waals surface area contributed by atoms with Crippen LogP contribution in [-0.2, 0) is 17.8 Å². The van der Waals surface area contributed by atoms with Crippen LogP contribution in [0.2, 0.25) is 0 Å². The van der Waals surface area contributed by atoms with E-state index in [1.54, 1.807) is 18.6 Å². The number of hydrogen-bond donors (Lipinski definition) is 1. The van der Waals surface area contributed by atoms with Crippen LogP contribution in [0.3, 0.4) is 0 Å². The Morgan fingerprint density at radius 1 is 1.25 bits per heavy atom. The number of hydrogen-bond acceptors (Lipinski definition) is 3. The van der Waals surface area contributed by atoms with E-state index in [4.69, 9.17) is 8.83 Å². The molecule has 0 unspecified atom stereocenters. The minimum absolute atomic E-state index is 0.0504. The van der Waals surface area contributed by atoms with Crippen molar-refractivity contribution in [3.63, 3.8) is 0 Å². The SMILES string of the molecule is Cc1ccc2occ(CC(=O)NCc3ccco3)c2c1. The number of amides is 1. The molecule has 20 heavy (non-hydrogen) atoms. The van der Waals surface area contributed by atoms with Gasteiger partial charge in [-0.05, 0) is 31.2 Å². The van der Waals surface area contributed by atoms with Gasteiger partial charge in [0.25, 0.3) is 0 Å². The molecule has 0 atom stereocenters. The van der Waals surface area contributed by atoms with Crippen LogP contribution in [0.4, 0.5) is 0 Å². The Balaban J connectivity index is 1.69. The quantitative estimate of drug-likeness (QED) is 0.791. The first-order valence-electron chi connectivity index (χ1n) is 6.48. The van der Waals surface area contributed by atoms with E-state index >= 15 is 0 Å². The first-order chi connectivity index (χ1) is 9.72. The van der Waals surface area contributed by atoms with Gasteiger partial charge in [0, 0.05) is 10.9 Å². The van der Waals surface area contributed by atoms with Gasteiger partial charge < -0.3 is 14.2 Å². The van der Waals surface area contributed by atoms with Crippen molar-refractivity contribution in [2.75, 3.05) is 0 Å². The second-order valence-electron chi connectivity index (χ2n) is 4.79. The van der Waals surface area contributed by atoms with E-state index in [0.29, 0.717) is 13.0 Å². The van der Waals surface area contributed by atoms with Crippen molar-refractivity contribution < 1.29 is 13.6 Å². The fourth-order valence-corrected chi connectivity index (χ4v) is 2.17. The minimum atomic E-state index is -0.0504. The molecule has 0 spiro atoms. The molecule has 4 heteroatoms. The second-order valence-corrected chi connectivity index (χ2v) is 4.79. The summed E-state index contributed by atoms with van der Waals surface area (Å²) >= 11 is 0. The molecule has 0 aliphatic carbocycles. The summed E-state index contributed by atoms with van der Waals surface area (Å²) in [5.41, 5.74) is 2.86. The van der Waals surface area contributed by atoms with E-state index in [1.165, 1.54) is 0 Å². The Hall–Kier alpha value is -2.49. The standard InChI is InChI=1S/C16H15NO3/c1-11-4-5-15-14(7-11)12(10-20-15)8-16(18)17-9-13-3-2-6-19-13/h2-7,10H,8-9H2,1H3,(H,17,18). The maximum atomic E-state index is 11.9. The molecular formula is C16H15NO3. The van der Waals surface area contributed by atoms with Crippen LogP contribution in [0.15, 0.2) is 51.7 Å². The van der Waals surface area contributed by atoms with E-state index in [1.807, 2.05) is 31.2 Å². The molecule has 0 saturated carbocycles. The molecule has 0 aliphatic heterocycles. The molecular weight excluding hydrogens is 254 g/mol. The van der Waals surface area contributed by atoms with Crippen molar-refractivity contribution in [1.82, 2.24) is 5.32 Å². The Bertz CT molecular complexity index is 725. The van der Waals surface area contributed by atoms with E-state index in [9.17, 15) is 4.79 Å². The third-order valence-electron chi connectivity index (χ3n) is 3.20. The molecule has 0 bridgehead atoms. The molecule has 1 aromatic carbocycles. The summed E-state index contributed by atoms with van der Waals surface area (Å²) in [6.07, 6.45) is 3.54. The number of benzene rings is 1. The first kappa shape index (κ1) is 12.5. The molecule has 0 fully saturated rings. The molecule has 2 heterocycles.